The minimum Gasteiger partial charge on any atom is -0.493 e. The van der Waals surface area contributed by atoms with Gasteiger partial charge in [0.05, 0.1) is 36.7 Å². The number of anilines is 1. The van der Waals surface area contributed by atoms with Crippen molar-refractivity contribution in [3.63, 3.8) is 0 Å². The highest BCUT2D eigenvalue weighted by atomic mass is 35.5. The first-order valence-corrected chi connectivity index (χ1v) is 9.22. The molecule has 2 aromatic rings. The van der Waals surface area contributed by atoms with Gasteiger partial charge in [-0.2, -0.15) is 18.3 Å². The van der Waals surface area contributed by atoms with Crippen LogP contribution in [0.3, 0.4) is 0 Å². The number of hydrazone groups is 1. The summed E-state index contributed by atoms with van der Waals surface area (Å²) in [7, 11) is 2.99. The molecule has 0 unspecified atom stereocenters. The number of carbonyl (C=O) groups excluding carboxylic acids is 2. The van der Waals surface area contributed by atoms with Crippen LogP contribution in [0.1, 0.15) is 24.0 Å². The molecule has 31 heavy (non-hydrogen) atoms. The van der Waals surface area contributed by atoms with Crippen LogP contribution in [0.5, 0.6) is 11.5 Å². The molecule has 11 heteroatoms. The fraction of sp³-hybridized carbons (Fsp3) is 0.250. The summed E-state index contributed by atoms with van der Waals surface area (Å²) in [6, 6.07) is 7.60. The van der Waals surface area contributed by atoms with Crippen LogP contribution < -0.4 is 20.2 Å². The summed E-state index contributed by atoms with van der Waals surface area (Å²) >= 11 is 5.82. The molecule has 7 nitrogen and oxygen atoms in total. The number of carbonyl (C=O) groups is 2. The highest BCUT2D eigenvalue weighted by Gasteiger charge is 2.31. The summed E-state index contributed by atoms with van der Waals surface area (Å²) in [6.07, 6.45) is -3.70. The van der Waals surface area contributed by atoms with Crippen molar-refractivity contribution < 1.29 is 32.2 Å². The Hall–Kier alpha value is -3.27. The van der Waals surface area contributed by atoms with Crippen LogP contribution in [0.4, 0.5) is 18.9 Å². The largest absolute Gasteiger partial charge is 0.493 e. The maximum Gasteiger partial charge on any atom is 0.416 e. The van der Waals surface area contributed by atoms with Gasteiger partial charge in [0.15, 0.2) is 11.5 Å². The van der Waals surface area contributed by atoms with E-state index in [-0.39, 0.29) is 23.6 Å². The summed E-state index contributed by atoms with van der Waals surface area (Å²) < 4.78 is 48.6. The lowest BCUT2D eigenvalue weighted by Gasteiger charge is -2.11. The third-order valence-corrected chi connectivity index (χ3v) is 4.29. The Balaban J connectivity index is 1.86. The van der Waals surface area contributed by atoms with Crippen LogP contribution in [0.2, 0.25) is 5.02 Å². The number of nitrogens with zero attached hydrogens (tertiary/aromatic N) is 1. The van der Waals surface area contributed by atoms with E-state index in [1.54, 1.807) is 18.2 Å². The number of rotatable bonds is 8. The molecule has 0 saturated heterocycles. The number of nitrogens with one attached hydrogen (secondary N) is 2. The molecule has 0 radical (unpaired) electrons. The second kappa shape index (κ2) is 10.7. The van der Waals surface area contributed by atoms with Crippen molar-refractivity contribution in [3.8, 4) is 11.5 Å². The van der Waals surface area contributed by atoms with Crippen LogP contribution in [0.25, 0.3) is 0 Å². The molecule has 0 bridgehead atoms. The second-order valence-corrected chi connectivity index (χ2v) is 6.56. The normalized spacial score (nSPS) is 11.3. The molecule has 0 aliphatic rings. The lowest BCUT2D eigenvalue weighted by molar-refractivity contribution is -0.137. The molecule has 0 atom stereocenters. The number of alkyl halides is 3. The van der Waals surface area contributed by atoms with Crippen molar-refractivity contribution in [2.75, 3.05) is 19.5 Å². The molecule has 2 aromatic carbocycles. The number of hydrogen-bond donors (Lipinski definition) is 2. The molecule has 2 N–H and O–H groups in total. The van der Waals surface area contributed by atoms with Crippen LogP contribution in [-0.2, 0) is 15.8 Å². The average Bonchev–Trinajstić information content (AvgIpc) is 2.72. The Labute approximate surface area is 181 Å². The molecular formula is C20H19ClF3N3O4. The molecule has 2 rings (SSSR count). The topological polar surface area (TPSA) is 89.0 Å². The summed E-state index contributed by atoms with van der Waals surface area (Å²) in [4.78, 5) is 23.8. The molecule has 0 aliphatic heterocycles. The Kier molecular flexibility index (Phi) is 8.26. The zero-order chi connectivity index (χ0) is 23.0. The zero-order valence-electron chi connectivity index (χ0n) is 16.5. The van der Waals surface area contributed by atoms with E-state index in [1.807, 2.05) is 0 Å². The van der Waals surface area contributed by atoms with Crippen LogP contribution in [-0.4, -0.2) is 32.2 Å². The van der Waals surface area contributed by atoms with Gasteiger partial charge in [0.2, 0.25) is 11.8 Å². The van der Waals surface area contributed by atoms with Gasteiger partial charge in [0, 0.05) is 12.8 Å². The van der Waals surface area contributed by atoms with E-state index in [4.69, 9.17) is 21.1 Å². The van der Waals surface area contributed by atoms with E-state index >= 15 is 0 Å². The molecule has 166 valence electrons. The van der Waals surface area contributed by atoms with E-state index in [2.05, 4.69) is 15.8 Å². The van der Waals surface area contributed by atoms with Crippen molar-refractivity contribution in [1.29, 1.82) is 0 Å². The first-order chi connectivity index (χ1) is 14.6. The minimum atomic E-state index is -4.57. The number of ether oxygens (including phenoxy) is 2. The SMILES string of the molecule is COc1ccc(C=NNC(=O)CCC(=O)Nc2cc(C(F)(F)F)ccc2Cl)cc1OC. The minimum absolute atomic E-state index is 0.0506. The van der Waals surface area contributed by atoms with E-state index in [1.165, 1.54) is 20.4 Å². The molecule has 0 aromatic heterocycles. The summed E-state index contributed by atoms with van der Waals surface area (Å²) in [5, 5.41) is 6.01. The number of methoxy groups -OCH3 is 2. The van der Waals surface area contributed by atoms with Gasteiger partial charge in [-0.05, 0) is 42.0 Å². The summed E-state index contributed by atoms with van der Waals surface area (Å²) in [6.45, 7) is 0. The van der Waals surface area contributed by atoms with Crippen LogP contribution >= 0.6 is 11.6 Å². The highest BCUT2D eigenvalue weighted by Crippen LogP contribution is 2.33. The molecule has 0 aliphatic carbocycles. The first-order valence-electron chi connectivity index (χ1n) is 8.84. The van der Waals surface area contributed by atoms with E-state index in [0.29, 0.717) is 17.1 Å². The zero-order valence-corrected chi connectivity index (χ0v) is 17.3. The lowest BCUT2D eigenvalue weighted by Crippen LogP contribution is -2.21. The highest BCUT2D eigenvalue weighted by molar-refractivity contribution is 6.33. The molecular weight excluding hydrogens is 439 g/mol. The van der Waals surface area contributed by atoms with E-state index in [0.717, 1.165) is 18.2 Å². The van der Waals surface area contributed by atoms with E-state index in [9.17, 15) is 22.8 Å². The Morgan fingerprint density at radius 2 is 1.71 bits per heavy atom. The van der Waals surface area contributed by atoms with Crippen molar-refractivity contribution in [3.05, 3.63) is 52.5 Å². The average molecular weight is 458 g/mol. The third kappa shape index (κ3) is 7.18. The van der Waals surface area contributed by atoms with Crippen molar-refractivity contribution in [2.24, 2.45) is 5.10 Å². The van der Waals surface area contributed by atoms with Gasteiger partial charge in [0.1, 0.15) is 0 Å². The lowest BCUT2D eigenvalue weighted by atomic mass is 10.2. The maximum absolute atomic E-state index is 12.8. The number of hydrogen-bond acceptors (Lipinski definition) is 5. The van der Waals surface area contributed by atoms with Crippen LogP contribution in [0.15, 0.2) is 41.5 Å². The predicted octanol–water partition coefficient (Wildman–Crippen LogP) is 4.25. The second-order valence-electron chi connectivity index (χ2n) is 6.15. The molecule has 0 heterocycles. The Morgan fingerprint density at radius 1 is 1.03 bits per heavy atom. The Morgan fingerprint density at radius 3 is 2.35 bits per heavy atom. The first kappa shape index (κ1) is 24.0. The smallest absolute Gasteiger partial charge is 0.416 e. The molecule has 0 saturated carbocycles. The van der Waals surface area contributed by atoms with Crippen molar-refractivity contribution >= 4 is 35.3 Å². The number of amides is 2. The number of halogens is 4. The standard InChI is InChI=1S/C20H19ClF3N3O4/c1-30-16-6-3-12(9-17(16)31-2)11-25-27-19(29)8-7-18(28)26-15-10-13(20(22,23)24)4-5-14(15)21/h3-6,9-11H,7-8H2,1-2H3,(H,26,28)(H,27,29). The monoisotopic (exact) mass is 457 g/mol. The van der Waals surface area contributed by atoms with Crippen LogP contribution in [0, 0.1) is 0 Å². The number of benzene rings is 2. The van der Waals surface area contributed by atoms with E-state index < -0.39 is 23.6 Å². The molecule has 0 spiro atoms. The molecule has 0 fully saturated rings. The van der Waals surface area contributed by atoms with Gasteiger partial charge < -0.3 is 14.8 Å². The van der Waals surface area contributed by atoms with Gasteiger partial charge >= 0.3 is 6.18 Å². The third-order valence-electron chi connectivity index (χ3n) is 3.96. The van der Waals surface area contributed by atoms with Gasteiger partial charge in [-0.15, -0.1) is 0 Å². The van der Waals surface area contributed by atoms with Gasteiger partial charge in [0.25, 0.3) is 0 Å². The van der Waals surface area contributed by atoms with Gasteiger partial charge in [-0.1, -0.05) is 11.6 Å². The quantitative estimate of drug-likeness (QED) is 0.458. The summed E-state index contributed by atoms with van der Waals surface area (Å²) in [5.41, 5.74) is 1.76. The predicted molar refractivity (Wildman–Crippen MR) is 110 cm³/mol. The molecule has 2 amide bonds. The fourth-order valence-electron chi connectivity index (χ4n) is 2.40. The Bertz CT molecular complexity index is 981. The summed E-state index contributed by atoms with van der Waals surface area (Å²) in [5.74, 6) is -0.194. The van der Waals surface area contributed by atoms with Gasteiger partial charge in [-0.25, -0.2) is 5.43 Å². The van der Waals surface area contributed by atoms with Crippen molar-refractivity contribution in [1.82, 2.24) is 5.43 Å². The van der Waals surface area contributed by atoms with Gasteiger partial charge in [-0.3, -0.25) is 9.59 Å². The van der Waals surface area contributed by atoms with Crippen molar-refractivity contribution in [2.45, 2.75) is 19.0 Å². The fourth-order valence-corrected chi connectivity index (χ4v) is 2.57. The maximum atomic E-state index is 12.8.